The van der Waals surface area contributed by atoms with E-state index >= 15 is 0 Å². The maximum absolute atomic E-state index is 11.6. The van der Waals surface area contributed by atoms with Gasteiger partial charge in [-0.25, -0.2) is 9.59 Å². The third kappa shape index (κ3) is 5.97. The molecule has 0 atom stereocenters. The summed E-state index contributed by atoms with van der Waals surface area (Å²) in [6.45, 7) is 0.584. The van der Waals surface area contributed by atoms with Gasteiger partial charge in [-0.05, 0) is 24.1 Å². The quantitative estimate of drug-likeness (QED) is 0.720. The number of carbonyl (C=O) groups excluding carboxylic acids is 1. The first kappa shape index (κ1) is 18.5. The second-order valence-electron chi connectivity index (χ2n) is 5.19. The molecule has 2 N–H and O–H groups in total. The molecule has 130 valence electrons. The van der Waals surface area contributed by atoms with E-state index in [0.29, 0.717) is 23.6 Å². The highest BCUT2D eigenvalue weighted by molar-refractivity contribution is 6.32. The molecular weight excluding hydrogens is 342 g/mol. The minimum Gasteiger partial charge on any atom is -0.478 e. The van der Waals surface area contributed by atoms with Crippen LogP contribution in [-0.4, -0.2) is 23.7 Å². The van der Waals surface area contributed by atoms with E-state index < -0.39 is 12.1 Å². The van der Waals surface area contributed by atoms with E-state index in [4.69, 9.17) is 21.4 Å². The van der Waals surface area contributed by atoms with Crippen molar-refractivity contribution >= 4 is 29.7 Å². The van der Waals surface area contributed by atoms with Crippen LogP contribution in [0.5, 0.6) is 0 Å². The molecule has 0 fully saturated rings. The van der Waals surface area contributed by atoms with Gasteiger partial charge in [-0.3, -0.25) is 0 Å². The molecule has 0 spiro atoms. The molecule has 0 saturated heterocycles. The number of rotatable bonds is 7. The largest absolute Gasteiger partial charge is 0.478 e. The Morgan fingerprint density at radius 2 is 1.88 bits per heavy atom. The van der Waals surface area contributed by atoms with Crippen molar-refractivity contribution in [3.8, 4) is 0 Å². The Bertz CT molecular complexity index is 759. The monoisotopic (exact) mass is 359 g/mol. The van der Waals surface area contributed by atoms with Gasteiger partial charge in [0.15, 0.2) is 0 Å². The number of ether oxygens (including phenoxy) is 1. The molecule has 25 heavy (non-hydrogen) atoms. The summed E-state index contributed by atoms with van der Waals surface area (Å²) < 4.78 is 5.09. The zero-order valence-corrected chi connectivity index (χ0v) is 14.2. The summed E-state index contributed by atoms with van der Waals surface area (Å²) >= 11 is 6.03. The second-order valence-corrected chi connectivity index (χ2v) is 5.59. The zero-order chi connectivity index (χ0) is 18.1. The van der Waals surface area contributed by atoms with Crippen LogP contribution in [0.3, 0.4) is 0 Å². The number of amides is 1. The molecule has 5 nitrogen and oxygen atoms in total. The van der Waals surface area contributed by atoms with Gasteiger partial charge in [0.05, 0.1) is 5.56 Å². The number of aromatic carboxylic acids is 1. The predicted molar refractivity (Wildman–Crippen MR) is 96.7 cm³/mol. The van der Waals surface area contributed by atoms with Crippen LogP contribution < -0.4 is 5.32 Å². The topological polar surface area (TPSA) is 75.6 Å². The van der Waals surface area contributed by atoms with E-state index in [2.05, 4.69) is 5.32 Å². The minimum atomic E-state index is -1.04. The summed E-state index contributed by atoms with van der Waals surface area (Å²) in [7, 11) is 0. The summed E-state index contributed by atoms with van der Waals surface area (Å²) in [5.74, 6) is -1.04. The lowest BCUT2D eigenvalue weighted by molar-refractivity contribution is 0.0696. The van der Waals surface area contributed by atoms with Crippen molar-refractivity contribution in [1.82, 2.24) is 5.32 Å². The summed E-state index contributed by atoms with van der Waals surface area (Å²) in [5, 5.41) is 12.1. The summed E-state index contributed by atoms with van der Waals surface area (Å²) in [6, 6.07) is 14.1. The molecule has 0 aliphatic carbocycles. The first-order valence-electron chi connectivity index (χ1n) is 7.71. The fourth-order valence-electron chi connectivity index (χ4n) is 2.13. The van der Waals surface area contributed by atoms with Gasteiger partial charge in [0.25, 0.3) is 0 Å². The van der Waals surface area contributed by atoms with E-state index in [0.717, 1.165) is 5.56 Å². The number of benzene rings is 2. The van der Waals surface area contributed by atoms with E-state index in [9.17, 15) is 9.59 Å². The van der Waals surface area contributed by atoms with Crippen molar-refractivity contribution in [2.24, 2.45) is 0 Å². The molecule has 0 heterocycles. The smallest absolute Gasteiger partial charge is 0.407 e. The van der Waals surface area contributed by atoms with Crippen molar-refractivity contribution in [2.45, 2.75) is 13.0 Å². The van der Waals surface area contributed by atoms with Gasteiger partial charge >= 0.3 is 12.1 Å². The van der Waals surface area contributed by atoms with Gasteiger partial charge < -0.3 is 15.2 Å². The van der Waals surface area contributed by atoms with E-state index in [-0.39, 0.29) is 12.2 Å². The molecular formula is C19H18ClNO4. The summed E-state index contributed by atoms with van der Waals surface area (Å²) in [4.78, 5) is 22.8. The highest BCUT2D eigenvalue weighted by atomic mass is 35.5. The lowest BCUT2D eigenvalue weighted by atomic mass is 10.1. The number of hydrogen-bond acceptors (Lipinski definition) is 3. The Morgan fingerprint density at radius 1 is 1.12 bits per heavy atom. The van der Waals surface area contributed by atoms with Crippen molar-refractivity contribution in [3.05, 3.63) is 76.3 Å². The second kappa shape index (κ2) is 9.49. The maximum atomic E-state index is 11.6. The zero-order valence-electron chi connectivity index (χ0n) is 13.4. The van der Waals surface area contributed by atoms with E-state index in [1.807, 2.05) is 30.3 Å². The normalized spacial score (nSPS) is 10.6. The first-order chi connectivity index (χ1) is 12.1. The number of carbonyl (C=O) groups is 2. The Hall–Kier alpha value is -2.79. The van der Waals surface area contributed by atoms with E-state index in [1.54, 1.807) is 24.3 Å². The number of hydrogen-bond donors (Lipinski definition) is 2. The Morgan fingerprint density at radius 3 is 2.60 bits per heavy atom. The lowest BCUT2D eigenvalue weighted by Gasteiger charge is -2.06. The average Bonchev–Trinajstić information content (AvgIpc) is 2.61. The van der Waals surface area contributed by atoms with Gasteiger partial charge in [0, 0.05) is 17.1 Å². The molecule has 1 amide bonds. The van der Waals surface area contributed by atoms with E-state index in [1.165, 1.54) is 6.07 Å². The number of nitrogens with one attached hydrogen (secondary N) is 1. The average molecular weight is 360 g/mol. The highest BCUT2D eigenvalue weighted by Gasteiger charge is 2.10. The fraction of sp³-hybridized carbons (Fsp3) is 0.158. The van der Waals surface area contributed by atoms with Gasteiger partial charge in [0.2, 0.25) is 0 Å². The van der Waals surface area contributed by atoms with Crippen molar-refractivity contribution in [3.63, 3.8) is 0 Å². The fourth-order valence-corrected chi connectivity index (χ4v) is 2.36. The van der Waals surface area contributed by atoms with Crippen molar-refractivity contribution in [1.29, 1.82) is 0 Å². The summed E-state index contributed by atoms with van der Waals surface area (Å²) in [6.07, 6.45) is 3.42. The van der Waals surface area contributed by atoms with Gasteiger partial charge in [-0.1, -0.05) is 60.2 Å². The Labute approximate surface area is 150 Å². The third-order valence-corrected chi connectivity index (χ3v) is 3.69. The molecule has 2 rings (SSSR count). The molecule has 0 aliphatic heterocycles. The first-order valence-corrected chi connectivity index (χ1v) is 8.08. The number of carboxylic acids is 1. The maximum Gasteiger partial charge on any atom is 0.407 e. The van der Waals surface area contributed by atoms with Crippen LogP contribution in [0.1, 0.15) is 27.9 Å². The molecule has 0 bridgehead atoms. The minimum absolute atomic E-state index is 0.138. The number of alkyl carbamates (subject to hydrolysis) is 1. The Balaban J connectivity index is 1.77. The van der Waals surface area contributed by atoms with Crippen LogP contribution >= 0.6 is 11.6 Å². The van der Waals surface area contributed by atoms with Gasteiger partial charge in [0.1, 0.15) is 6.61 Å². The van der Waals surface area contributed by atoms with Crippen LogP contribution in [0.25, 0.3) is 6.08 Å². The molecule has 0 aliphatic rings. The van der Waals surface area contributed by atoms with Crippen LogP contribution in [0.15, 0.2) is 54.6 Å². The number of halogens is 1. The number of carboxylic acid groups (broad SMARTS) is 1. The molecule has 2 aromatic rings. The molecule has 2 aromatic carbocycles. The van der Waals surface area contributed by atoms with Crippen molar-refractivity contribution in [2.75, 3.05) is 6.54 Å². The SMILES string of the molecule is O=C(NCCC=Cc1c(Cl)cccc1C(=O)O)OCc1ccccc1. The van der Waals surface area contributed by atoms with Crippen LogP contribution in [-0.2, 0) is 11.3 Å². The molecule has 0 radical (unpaired) electrons. The van der Waals surface area contributed by atoms with Crippen LogP contribution in [0, 0.1) is 0 Å². The van der Waals surface area contributed by atoms with Crippen LogP contribution in [0.2, 0.25) is 5.02 Å². The molecule has 6 heteroatoms. The van der Waals surface area contributed by atoms with Gasteiger partial charge in [-0.2, -0.15) is 0 Å². The molecule has 0 saturated carbocycles. The predicted octanol–water partition coefficient (Wildman–Crippen LogP) is 4.37. The lowest BCUT2D eigenvalue weighted by Crippen LogP contribution is -2.24. The standard InChI is InChI=1S/C19H18ClNO4/c20-17-11-6-10-16(18(22)23)15(17)9-4-5-12-21-19(24)25-13-14-7-2-1-3-8-14/h1-4,6-11H,5,12-13H2,(H,21,24)(H,22,23). The third-order valence-electron chi connectivity index (χ3n) is 3.36. The van der Waals surface area contributed by atoms with Crippen LogP contribution in [0.4, 0.5) is 4.79 Å². The Kier molecular flexibility index (Phi) is 7.04. The highest BCUT2D eigenvalue weighted by Crippen LogP contribution is 2.21. The van der Waals surface area contributed by atoms with Crippen molar-refractivity contribution < 1.29 is 19.4 Å². The molecule has 0 aromatic heterocycles. The summed E-state index contributed by atoms with van der Waals surface area (Å²) in [5.41, 5.74) is 1.50. The van der Waals surface area contributed by atoms with Gasteiger partial charge in [-0.15, -0.1) is 0 Å². The molecule has 0 unspecified atom stereocenters.